The molecule has 0 saturated heterocycles. The van der Waals surface area contributed by atoms with Gasteiger partial charge in [-0.2, -0.15) is 0 Å². The smallest absolute Gasteiger partial charge is 0.174 e. The largest absolute Gasteiger partial charge is 0.409 e. The zero-order chi connectivity index (χ0) is 15.4. The molecule has 0 aliphatic heterocycles. The predicted molar refractivity (Wildman–Crippen MR) is 86.1 cm³/mol. The van der Waals surface area contributed by atoms with Crippen LogP contribution in [0.15, 0.2) is 11.2 Å². The quantitative estimate of drug-likeness (QED) is 0.387. The number of nitrogens with two attached hydrogens (primary N) is 1. The van der Waals surface area contributed by atoms with Crippen molar-refractivity contribution >= 4 is 11.5 Å². The molecule has 1 heterocycles. The van der Waals surface area contributed by atoms with Crippen LogP contribution in [-0.2, 0) is 0 Å². The zero-order valence-corrected chi connectivity index (χ0v) is 13.3. The van der Waals surface area contributed by atoms with Gasteiger partial charge >= 0.3 is 0 Å². The van der Waals surface area contributed by atoms with Crippen LogP contribution in [0.1, 0.15) is 56.0 Å². The molecule has 1 saturated carbocycles. The van der Waals surface area contributed by atoms with Crippen LogP contribution in [0.4, 0.5) is 5.69 Å². The first kappa shape index (κ1) is 15.6. The molecule has 1 fully saturated rings. The summed E-state index contributed by atoms with van der Waals surface area (Å²) in [7, 11) is 0. The molecule has 0 radical (unpaired) electrons. The third-order valence-corrected chi connectivity index (χ3v) is 4.34. The molecule has 1 aliphatic carbocycles. The van der Waals surface area contributed by atoms with E-state index in [1.807, 2.05) is 13.8 Å². The number of aromatic nitrogens is 1. The average Bonchev–Trinajstić information content (AvgIpc) is 2.48. The van der Waals surface area contributed by atoms with Gasteiger partial charge < -0.3 is 15.8 Å². The van der Waals surface area contributed by atoms with Crippen molar-refractivity contribution in [2.75, 3.05) is 11.4 Å². The molecule has 0 spiro atoms. The van der Waals surface area contributed by atoms with E-state index >= 15 is 0 Å². The molecule has 5 nitrogen and oxygen atoms in total. The van der Waals surface area contributed by atoms with Gasteiger partial charge in [-0.15, -0.1) is 0 Å². The number of oxime groups is 1. The van der Waals surface area contributed by atoms with E-state index in [0.29, 0.717) is 6.04 Å². The van der Waals surface area contributed by atoms with Crippen molar-refractivity contribution < 1.29 is 5.21 Å². The highest BCUT2D eigenvalue weighted by atomic mass is 16.4. The maximum absolute atomic E-state index is 9.09. The van der Waals surface area contributed by atoms with Gasteiger partial charge in [0.05, 0.1) is 16.9 Å². The Morgan fingerprint density at radius 1 is 1.38 bits per heavy atom. The third kappa shape index (κ3) is 3.28. The second kappa shape index (κ2) is 6.78. The highest BCUT2D eigenvalue weighted by Crippen LogP contribution is 2.31. The summed E-state index contributed by atoms with van der Waals surface area (Å²) in [5, 5.41) is 12.3. The molecule has 3 N–H and O–H groups in total. The second-order valence-electron chi connectivity index (χ2n) is 5.81. The molecule has 0 aromatic carbocycles. The fourth-order valence-electron chi connectivity index (χ4n) is 3.42. The highest BCUT2D eigenvalue weighted by Gasteiger charge is 2.24. The van der Waals surface area contributed by atoms with Crippen LogP contribution in [0.5, 0.6) is 0 Å². The fourth-order valence-corrected chi connectivity index (χ4v) is 3.42. The molecule has 1 aromatic rings. The Balaban J connectivity index is 2.48. The Labute approximate surface area is 126 Å². The lowest BCUT2D eigenvalue weighted by atomic mass is 9.93. The van der Waals surface area contributed by atoms with Gasteiger partial charge in [0, 0.05) is 18.3 Å². The standard InChI is InChI=1S/C16H26N4O/c1-4-20(13-8-6-5-7-9-13)14-10-11(2)18-12(3)15(14)16(17)19-21/h10,13,21H,4-9H2,1-3H3,(H2,17,19). The monoisotopic (exact) mass is 290 g/mol. The minimum Gasteiger partial charge on any atom is -0.409 e. The lowest BCUT2D eigenvalue weighted by Crippen LogP contribution is -2.38. The number of hydrogen-bond donors (Lipinski definition) is 2. The summed E-state index contributed by atoms with van der Waals surface area (Å²) in [5.74, 6) is 0.143. The Hall–Kier alpha value is -1.78. The topological polar surface area (TPSA) is 74.7 Å². The van der Waals surface area contributed by atoms with Gasteiger partial charge in [0.2, 0.25) is 0 Å². The van der Waals surface area contributed by atoms with E-state index in [1.165, 1.54) is 32.1 Å². The molecule has 5 heteroatoms. The molecule has 0 unspecified atom stereocenters. The van der Waals surface area contributed by atoms with Crippen molar-refractivity contribution in [3.8, 4) is 0 Å². The van der Waals surface area contributed by atoms with Crippen LogP contribution in [0.3, 0.4) is 0 Å². The molecule has 116 valence electrons. The van der Waals surface area contributed by atoms with E-state index in [-0.39, 0.29) is 5.84 Å². The lowest BCUT2D eigenvalue weighted by Gasteiger charge is -2.36. The molecular formula is C16H26N4O. The van der Waals surface area contributed by atoms with Crippen molar-refractivity contribution in [2.45, 2.75) is 58.9 Å². The number of hydrogen-bond acceptors (Lipinski definition) is 4. The van der Waals surface area contributed by atoms with E-state index in [9.17, 15) is 0 Å². The Bertz CT molecular complexity index is 521. The van der Waals surface area contributed by atoms with Crippen LogP contribution in [-0.4, -0.2) is 28.6 Å². The lowest BCUT2D eigenvalue weighted by molar-refractivity contribution is 0.318. The summed E-state index contributed by atoms with van der Waals surface area (Å²) >= 11 is 0. The van der Waals surface area contributed by atoms with Gasteiger partial charge in [-0.25, -0.2) is 0 Å². The second-order valence-corrected chi connectivity index (χ2v) is 5.81. The average molecular weight is 290 g/mol. The summed E-state index contributed by atoms with van der Waals surface area (Å²) in [6.07, 6.45) is 6.32. The first-order valence-electron chi connectivity index (χ1n) is 7.81. The summed E-state index contributed by atoms with van der Waals surface area (Å²) < 4.78 is 0. The van der Waals surface area contributed by atoms with Gasteiger partial charge in [-0.3, -0.25) is 4.98 Å². The highest BCUT2D eigenvalue weighted by molar-refractivity contribution is 6.03. The van der Waals surface area contributed by atoms with Crippen molar-refractivity contribution in [2.24, 2.45) is 10.9 Å². The summed E-state index contributed by atoms with van der Waals surface area (Å²) in [6.45, 7) is 6.98. The maximum Gasteiger partial charge on any atom is 0.174 e. The molecule has 2 rings (SSSR count). The minimum atomic E-state index is 0.143. The van der Waals surface area contributed by atoms with E-state index in [2.05, 4.69) is 28.0 Å². The van der Waals surface area contributed by atoms with Crippen molar-refractivity contribution in [3.05, 3.63) is 23.0 Å². The van der Waals surface area contributed by atoms with Crippen molar-refractivity contribution in [3.63, 3.8) is 0 Å². The molecule has 1 aromatic heterocycles. The first-order valence-corrected chi connectivity index (χ1v) is 7.81. The summed E-state index contributed by atoms with van der Waals surface area (Å²) in [4.78, 5) is 6.86. The summed E-state index contributed by atoms with van der Waals surface area (Å²) in [5.41, 5.74) is 9.49. The van der Waals surface area contributed by atoms with Crippen LogP contribution < -0.4 is 10.6 Å². The van der Waals surface area contributed by atoms with Crippen LogP contribution in [0, 0.1) is 13.8 Å². The number of nitrogens with zero attached hydrogens (tertiary/aromatic N) is 3. The van der Waals surface area contributed by atoms with E-state index in [0.717, 1.165) is 29.2 Å². The minimum absolute atomic E-state index is 0.143. The van der Waals surface area contributed by atoms with Crippen LogP contribution >= 0.6 is 0 Å². The molecule has 21 heavy (non-hydrogen) atoms. The van der Waals surface area contributed by atoms with Crippen molar-refractivity contribution in [1.29, 1.82) is 0 Å². The first-order chi connectivity index (χ1) is 10.1. The molecular weight excluding hydrogens is 264 g/mol. The number of aryl methyl sites for hydroxylation is 2. The van der Waals surface area contributed by atoms with Crippen LogP contribution in [0.2, 0.25) is 0 Å². The van der Waals surface area contributed by atoms with Crippen molar-refractivity contribution in [1.82, 2.24) is 4.98 Å². The van der Waals surface area contributed by atoms with E-state index < -0.39 is 0 Å². The Kier molecular flexibility index (Phi) is 5.04. The van der Waals surface area contributed by atoms with Gasteiger partial charge in [-0.05, 0) is 39.7 Å². The number of amidine groups is 1. The Morgan fingerprint density at radius 2 is 2.05 bits per heavy atom. The van der Waals surface area contributed by atoms with Gasteiger partial charge in [-0.1, -0.05) is 24.4 Å². The molecule has 0 amide bonds. The number of rotatable bonds is 4. The van der Waals surface area contributed by atoms with E-state index in [4.69, 9.17) is 10.9 Å². The SMILES string of the molecule is CCN(c1cc(C)nc(C)c1/C(N)=N/O)C1CCCCC1. The molecule has 1 aliphatic rings. The van der Waals surface area contributed by atoms with E-state index in [1.54, 1.807) is 0 Å². The number of pyridine rings is 1. The fraction of sp³-hybridized carbons (Fsp3) is 0.625. The van der Waals surface area contributed by atoms with Gasteiger partial charge in [0.1, 0.15) is 0 Å². The number of anilines is 1. The predicted octanol–water partition coefficient (Wildman–Crippen LogP) is 2.95. The Morgan fingerprint density at radius 3 is 2.62 bits per heavy atom. The maximum atomic E-state index is 9.09. The van der Waals surface area contributed by atoms with Crippen LogP contribution in [0.25, 0.3) is 0 Å². The van der Waals surface area contributed by atoms with Gasteiger partial charge in [0.25, 0.3) is 0 Å². The normalized spacial score (nSPS) is 17.0. The molecule has 0 bridgehead atoms. The zero-order valence-electron chi connectivity index (χ0n) is 13.3. The summed E-state index contributed by atoms with van der Waals surface area (Å²) in [6, 6.07) is 2.59. The van der Waals surface area contributed by atoms with Gasteiger partial charge in [0.15, 0.2) is 5.84 Å². The third-order valence-electron chi connectivity index (χ3n) is 4.34. The molecule has 0 atom stereocenters.